The lowest BCUT2D eigenvalue weighted by molar-refractivity contribution is -0.136. The molecule has 5 rings (SSSR count). The molecule has 1 N–H and O–H groups in total. The van der Waals surface area contributed by atoms with Crippen molar-refractivity contribution in [2.75, 3.05) is 6.61 Å². The Bertz CT molecular complexity index is 1360. The maximum absolute atomic E-state index is 15.2. The highest BCUT2D eigenvalue weighted by Crippen LogP contribution is 2.45. The smallest absolute Gasteiger partial charge is 0.307 e. The molecular formula is C25H20FNO3. The third-order valence-corrected chi connectivity index (χ3v) is 5.99. The number of benzene rings is 3. The summed E-state index contributed by atoms with van der Waals surface area (Å²) in [4.78, 5) is 16.4. The second-order valence-electron chi connectivity index (χ2n) is 7.77. The summed E-state index contributed by atoms with van der Waals surface area (Å²) in [5.41, 5.74) is 5.29. The normalized spacial score (nSPS) is 12.9. The van der Waals surface area contributed by atoms with E-state index in [1.54, 1.807) is 25.3 Å². The molecule has 0 bridgehead atoms. The summed E-state index contributed by atoms with van der Waals surface area (Å²) in [6.45, 7) is 4.24. The van der Waals surface area contributed by atoms with Crippen LogP contribution in [0.1, 0.15) is 22.3 Å². The van der Waals surface area contributed by atoms with Gasteiger partial charge in [0.1, 0.15) is 11.6 Å². The van der Waals surface area contributed by atoms with E-state index in [0.29, 0.717) is 28.5 Å². The van der Waals surface area contributed by atoms with E-state index in [0.717, 1.165) is 45.3 Å². The van der Waals surface area contributed by atoms with Crippen LogP contribution in [-0.4, -0.2) is 22.7 Å². The fraction of sp³-hybridized carbons (Fsp3) is 0.200. The van der Waals surface area contributed by atoms with Crippen LogP contribution in [0.5, 0.6) is 5.75 Å². The summed E-state index contributed by atoms with van der Waals surface area (Å²) >= 11 is 0. The first-order valence-corrected chi connectivity index (χ1v) is 9.93. The number of carboxylic acids is 1. The van der Waals surface area contributed by atoms with Crippen molar-refractivity contribution in [3.63, 3.8) is 0 Å². The van der Waals surface area contributed by atoms with Crippen LogP contribution >= 0.6 is 0 Å². The molecule has 0 spiro atoms. The van der Waals surface area contributed by atoms with Gasteiger partial charge in [0.15, 0.2) is 0 Å². The minimum atomic E-state index is -0.995. The zero-order chi connectivity index (χ0) is 21.0. The van der Waals surface area contributed by atoms with Gasteiger partial charge in [-0.1, -0.05) is 24.3 Å². The van der Waals surface area contributed by atoms with Crippen LogP contribution < -0.4 is 4.74 Å². The van der Waals surface area contributed by atoms with Crippen LogP contribution in [-0.2, 0) is 17.6 Å². The lowest BCUT2D eigenvalue weighted by Crippen LogP contribution is -2.11. The highest BCUT2D eigenvalue weighted by molar-refractivity contribution is 6.09. The number of ether oxygens (including phenoxy) is 1. The molecule has 0 saturated carbocycles. The van der Waals surface area contributed by atoms with Gasteiger partial charge in [-0.2, -0.15) is 0 Å². The number of aryl methyl sites for hydroxylation is 1. The van der Waals surface area contributed by atoms with Gasteiger partial charge >= 0.3 is 5.97 Å². The molecule has 0 atom stereocenters. The number of carboxylic acid groups (broad SMARTS) is 1. The van der Waals surface area contributed by atoms with Gasteiger partial charge in [-0.05, 0) is 59.2 Å². The first-order chi connectivity index (χ1) is 14.5. The molecule has 4 aromatic rings. The average Bonchev–Trinajstić information content (AvgIpc) is 2.73. The molecule has 4 nitrogen and oxygen atoms in total. The molecule has 0 aliphatic carbocycles. The Morgan fingerprint density at radius 2 is 1.93 bits per heavy atom. The SMILES string of the molecule is Cc1cc2c3c(ccnc3c1-c1c(CC(=O)O)c(C)c(F)c3ccccc13)CCO2. The molecule has 2 heterocycles. The van der Waals surface area contributed by atoms with E-state index >= 15 is 4.39 Å². The number of aliphatic carboxylic acids is 1. The second-order valence-corrected chi connectivity index (χ2v) is 7.77. The van der Waals surface area contributed by atoms with Gasteiger partial charge in [0.25, 0.3) is 0 Å². The van der Waals surface area contributed by atoms with E-state index in [1.807, 2.05) is 31.2 Å². The predicted molar refractivity (Wildman–Crippen MR) is 115 cm³/mol. The number of halogens is 1. The number of carbonyl (C=O) groups is 1. The molecule has 5 heteroatoms. The molecule has 150 valence electrons. The number of pyridine rings is 1. The van der Waals surface area contributed by atoms with Gasteiger partial charge in [-0.25, -0.2) is 4.39 Å². The Morgan fingerprint density at radius 3 is 2.70 bits per heavy atom. The summed E-state index contributed by atoms with van der Waals surface area (Å²) < 4.78 is 21.1. The fourth-order valence-electron chi connectivity index (χ4n) is 4.64. The van der Waals surface area contributed by atoms with Crippen molar-refractivity contribution in [2.24, 2.45) is 0 Å². The van der Waals surface area contributed by atoms with Crippen LogP contribution in [0.2, 0.25) is 0 Å². The number of nitrogens with zero attached hydrogens (tertiary/aromatic N) is 1. The number of fused-ring (bicyclic) bond motifs is 1. The Morgan fingerprint density at radius 1 is 1.17 bits per heavy atom. The highest BCUT2D eigenvalue weighted by atomic mass is 19.1. The van der Waals surface area contributed by atoms with Crippen LogP contribution in [0, 0.1) is 19.7 Å². The Balaban J connectivity index is 1.99. The molecule has 1 aliphatic heterocycles. The molecule has 3 aromatic carbocycles. The molecule has 0 saturated heterocycles. The van der Waals surface area contributed by atoms with Crippen molar-refractivity contribution in [2.45, 2.75) is 26.7 Å². The zero-order valence-corrected chi connectivity index (χ0v) is 16.8. The third-order valence-electron chi connectivity index (χ3n) is 5.99. The standard InChI is InChI=1S/C25H20FNO3/c1-13-11-19-22-15(8-10-30-19)7-9-27-25(22)21(13)23-16-5-3-4-6-17(16)24(26)14(2)18(23)12-20(28)29/h3-7,9,11H,8,10,12H2,1-2H3,(H,28,29). The van der Waals surface area contributed by atoms with E-state index in [-0.39, 0.29) is 12.2 Å². The van der Waals surface area contributed by atoms with E-state index in [2.05, 4.69) is 4.98 Å². The Kier molecular flexibility index (Phi) is 4.21. The first-order valence-electron chi connectivity index (χ1n) is 9.93. The summed E-state index contributed by atoms with van der Waals surface area (Å²) in [5, 5.41) is 11.7. The number of hydrogen-bond donors (Lipinski definition) is 1. The van der Waals surface area contributed by atoms with Crippen molar-refractivity contribution in [3.8, 4) is 16.9 Å². The molecule has 1 aromatic heterocycles. The van der Waals surface area contributed by atoms with Gasteiger partial charge in [-0.15, -0.1) is 0 Å². The molecule has 0 fully saturated rings. The summed E-state index contributed by atoms with van der Waals surface area (Å²) in [6, 6.07) is 11.2. The topological polar surface area (TPSA) is 59.4 Å². The van der Waals surface area contributed by atoms with Crippen LogP contribution in [0.3, 0.4) is 0 Å². The van der Waals surface area contributed by atoms with E-state index in [4.69, 9.17) is 4.74 Å². The average molecular weight is 401 g/mol. The minimum Gasteiger partial charge on any atom is -0.493 e. The molecule has 0 radical (unpaired) electrons. The molecule has 30 heavy (non-hydrogen) atoms. The quantitative estimate of drug-likeness (QED) is 0.501. The van der Waals surface area contributed by atoms with Crippen LogP contribution in [0.25, 0.3) is 32.8 Å². The summed E-state index contributed by atoms with van der Waals surface area (Å²) in [7, 11) is 0. The Labute approximate surface area is 172 Å². The summed E-state index contributed by atoms with van der Waals surface area (Å²) in [5.74, 6) is -0.573. The number of aromatic nitrogens is 1. The van der Waals surface area contributed by atoms with Crippen molar-refractivity contribution in [3.05, 3.63) is 70.7 Å². The second kappa shape index (κ2) is 6.80. The van der Waals surface area contributed by atoms with Crippen molar-refractivity contribution >= 4 is 27.6 Å². The monoisotopic (exact) mass is 401 g/mol. The first kappa shape index (κ1) is 18.6. The highest BCUT2D eigenvalue weighted by Gasteiger charge is 2.25. The zero-order valence-electron chi connectivity index (χ0n) is 16.8. The number of rotatable bonds is 3. The summed E-state index contributed by atoms with van der Waals surface area (Å²) in [6.07, 6.45) is 2.31. The van der Waals surface area contributed by atoms with E-state index in [1.165, 1.54) is 0 Å². The van der Waals surface area contributed by atoms with Crippen LogP contribution in [0.15, 0.2) is 42.6 Å². The van der Waals surface area contributed by atoms with Gasteiger partial charge in [0.2, 0.25) is 0 Å². The molecule has 1 aliphatic rings. The van der Waals surface area contributed by atoms with Gasteiger partial charge in [-0.3, -0.25) is 9.78 Å². The maximum Gasteiger partial charge on any atom is 0.307 e. The Hall–Kier alpha value is -3.47. The third kappa shape index (κ3) is 2.65. The van der Waals surface area contributed by atoms with Crippen molar-refractivity contribution in [1.29, 1.82) is 0 Å². The molecular weight excluding hydrogens is 381 g/mol. The van der Waals surface area contributed by atoms with Gasteiger partial charge in [0.05, 0.1) is 18.5 Å². The van der Waals surface area contributed by atoms with E-state index < -0.39 is 5.97 Å². The fourth-order valence-corrected chi connectivity index (χ4v) is 4.64. The molecule has 0 amide bonds. The maximum atomic E-state index is 15.2. The van der Waals surface area contributed by atoms with Gasteiger partial charge in [0, 0.05) is 29.0 Å². The van der Waals surface area contributed by atoms with Crippen molar-refractivity contribution in [1.82, 2.24) is 4.98 Å². The minimum absolute atomic E-state index is 0.262. The molecule has 0 unspecified atom stereocenters. The lowest BCUT2D eigenvalue weighted by atomic mass is 9.84. The van der Waals surface area contributed by atoms with Crippen molar-refractivity contribution < 1.29 is 19.0 Å². The largest absolute Gasteiger partial charge is 0.493 e. The lowest BCUT2D eigenvalue weighted by Gasteiger charge is -2.23. The van der Waals surface area contributed by atoms with Crippen LogP contribution in [0.4, 0.5) is 4.39 Å². The van der Waals surface area contributed by atoms with Gasteiger partial charge < -0.3 is 9.84 Å². The predicted octanol–water partition coefficient (Wildman–Crippen LogP) is 5.37. The van der Waals surface area contributed by atoms with E-state index in [9.17, 15) is 9.90 Å². The number of hydrogen-bond acceptors (Lipinski definition) is 3.